The Kier molecular flexibility index (Phi) is 3.90. The third-order valence-electron chi connectivity index (χ3n) is 3.68. The molecule has 1 aliphatic carbocycles. The second kappa shape index (κ2) is 5.42. The van der Waals surface area contributed by atoms with Crippen molar-refractivity contribution in [3.05, 3.63) is 29.8 Å². The quantitative estimate of drug-likeness (QED) is 0.889. The second-order valence-electron chi connectivity index (χ2n) is 5.53. The van der Waals surface area contributed by atoms with Gasteiger partial charge in [0.05, 0.1) is 0 Å². The van der Waals surface area contributed by atoms with Gasteiger partial charge in [0.15, 0.2) is 0 Å². The highest BCUT2D eigenvalue weighted by atomic mass is 16.1. The second-order valence-corrected chi connectivity index (χ2v) is 5.53. The van der Waals surface area contributed by atoms with E-state index in [0.717, 1.165) is 30.0 Å². The van der Waals surface area contributed by atoms with Crippen LogP contribution in [-0.4, -0.2) is 26.0 Å². The number of hydrogen-bond donors (Lipinski definition) is 1. The molecule has 2 unspecified atom stereocenters. The Labute approximate surface area is 109 Å². The van der Waals surface area contributed by atoms with Gasteiger partial charge in [0.25, 0.3) is 5.91 Å². The van der Waals surface area contributed by atoms with Crippen LogP contribution in [0.2, 0.25) is 0 Å². The molecule has 3 heteroatoms. The number of hydrogen-bond acceptors (Lipinski definition) is 2. The van der Waals surface area contributed by atoms with Gasteiger partial charge in [-0.15, -0.1) is 0 Å². The Morgan fingerprint density at radius 1 is 1.22 bits per heavy atom. The molecule has 0 spiro atoms. The average molecular weight is 246 g/mol. The minimum atomic E-state index is 0.0550. The molecule has 0 bridgehead atoms. The van der Waals surface area contributed by atoms with E-state index in [-0.39, 0.29) is 5.91 Å². The molecule has 98 valence electrons. The molecule has 2 rings (SSSR count). The summed E-state index contributed by atoms with van der Waals surface area (Å²) in [6.07, 6.45) is 3.45. The predicted octanol–water partition coefficient (Wildman–Crippen LogP) is 2.67. The van der Waals surface area contributed by atoms with Gasteiger partial charge >= 0.3 is 0 Å². The SMILES string of the molecule is CC1CCC(NC(=O)c2ccc(N(C)C)cc2)C1. The highest BCUT2D eigenvalue weighted by Crippen LogP contribution is 2.24. The summed E-state index contributed by atoms with van der Waals surface area (Å²) in [7, 11) is 3.99. The van der Waals surface area contributed by atoms with Gasteiger partial charge in [-0.2, -0.15) is 0 Å². The van der Waals surface area contributed by atoms with Crippen LogP contribution in [0.4, 0.5) is 5.69 Å². The molecule has 1 saturated carbocycles. The number of amides is 1. The monoisotopic (exact) mass is 246 g/mol. The zero-order valence-corrected chi connectivity index (χ0v) is 11.4. The smallest absolute Gasteiger partial charge is 0.251 e. The van der Waals surface area contributed by atoms with Gasteiger partial charge < -0.3 is 10.2 Å². The van der Waals surface area contributed by atoms with Crippen molar-refractivity contribution in [2.45, 2.75) is 32.2 Å². The van der Waals surface area contributed by atoms with Crippen molar-refractivity contribution in [2.24, 2.45) is 5.92 Å². The van der Waals surface area contributed by atoms with Crippen molar-refractivity contribution in [2.75, 3.05) is 19.0 Å². The fourth-order valence-electron chi connectivity index (χ4n) is 2.52. The molecular weight excluding hydrogens is 224 g/mol. The Morgan fingerprint density at radius 3 is 2.39 bits per heavy atom. The van der Waals surface area contributed by atoms with Crippen LogP contribution in [-0.2, 0) is 0 Å². The molecule has 1 aromatic carbocycles. The number of carbonyl (C=O) groups excluding carboxylic acids is 1. The van der Waals surface area contributed by atoms with Gasteiger partial charge in [-0.1, -0.05) is 6.92 Å². The molecule has 0 aromatic heterocycles. The fourth-order valence-corrected chi connectivity index (χ4v) is 2.52. The van der Waals surface area contributed by atoms with Crippen molar-refractivity contribution >= 4 is 11.6 Å². The first-order valence-corrected chi connectivity index (χ1v) is 6.64. The normalized spacial score (nSPS) is 22.8. The lowest BCUT2D eigenvalue weighted by Gasteiger charge is -2.14. The van der Waals surface area contributed by atoms with E-state index in [1.807, 2.05) is 43.3 Å². The molecular formula is C15H22N2O. The first kappa shape index (κ1) is 12.9. The average Bonchev–Trinajstić information content (AvgIpc) is 2.75. The molecule has 1 amide bonds. The molecule has 0 heterocycles. The third kappa shape index (κ3) is 3.03. The molecule has 1 aromatic rings. The summed E-state index contributed by atoms with van der Waals surface area (Å²) in [6.45, 7) is 2.25. The van der Waals surface area contributed by atoms with Crippen LogP contribution in [0.15, 0.2) is 24.3 Å². The number of benzene rings is 1. The summed E-state index contributed by atoms with van der Waals surface area (Å²) in [5.41, 5.74) is 1.86. The summed E-state index contributed by atoms with van der Waals surface area (Å²) in [4.78, 5) is 14.1. The van der Waals surface area contributed by atoms with Gasteiger partial charge in [0, 0.05) is 31.4 Å². The summed E-state index contributed by atoms with van der Waals surface area (Å²) < 4.78 is 0. The first-order chi connectivity index (χ1) is 8.56. The lowest BCUT2D eigenvalue weighted by Crippen LogP contribution is -2.32. The standard InChI is InChI=1S/C15H22N2O/c1-11-4-7-13(10-11)16-15(18)12-5-8-14(9-6-12)17(2)3/h5-6,8-9,11,13H,4,7,10H2,1-3H3,(H,16,18). The van der Waals surface area contributed by atoms with Gasteiger partial charge in [0.1, 0.15) is 0 Å². The highest BCUT2D eigenvalue weighted by Gasteiger charge is 2.22. The number of carbonyl (C=O) groups is 1. The van der Waals surface area contributed by atoms with Crippen LogP contribution in [0.3, 0.4) is 0 Å². The summed E-state index contributed by atoms with van der Waals surface area (Å²) in [5.74, 6) is 0.797. The fraction of sp³-hybridized carbons (Fsp3) is 0.533. The Morgan fingerprint density at radius 2 is 1.89 bits per heavy atom. The van der Waals surface area contributed by atoms with Crippen molar-refractivity contribution in [1.82, 2.24) is 5.32 Å². The van der Waals surface area contributed by atoms with Gasteiger partial charge in [-0.25, -0.2) is 0 Å². The Bertz CT molecular complexity index is 411. The van der Waals surface area contributed by atoms with Gasteiger partial charge in [0.2, 0.25) is 0 Å². The number of nitrogens with one attached hydrogen (secondary N) is 1. The molecule has 0 aliphatic heterocycles. The van der Waals surface area contributed by atoms with E-state index in [9.17, 15) is 4.79 Å². The maximum absolute atomic E-state index is 12.1. The predicted molar refractivity (Wildman–Crippen MR) is 75.0 cm³/mol. The van der Waals surface area contributed by atoms with Crippen molar-refractivity contribution in [3.8, 4) is 0 Å². The van der Waals surface area contributed by atoms with Crippen LogP contribution >= 0.6 is 0 Å². The van der Waals surface area contributed by atoms with Crippen LogP contribution in [0.1, 0.15) is 36.5 Å². The minimum Gasteiger partial charge on any atom is -0.378 e. The lowest BCUT2D eigenvalue weighted by atomic mass is 10.1. The molecule has 2 atom stereocenters. The lowest BCUT2D eigenvalue weighted by molar-refractivity contribution is 0.0937. The van der Waals surface area contributed by atoms with Gasteiger partial charge in [-0.3, -0.25) is 4.79 Å². The van der Waals surface area contributed by atoms with Crippen molar-refractivity contribution < 1.29 is 4.79 Å². The van der Waals surface area contributed by atoms with Crippen molar-refractivity contribution in [1.29, 1.82) is 0 Å². The van der Waals surface area contributed by atoms with Crippen molar-refractivity contribution in [3.63, 3.8) is 0 Å². The third-order valence-corrected chi connectivity index (χ3v) is 3.68. The zero-order valence-electron chi connectivity index (χ0n) is 11.4. The zero-order chi connectivity index (χ0) is 13.1. The van der Waals surface area contributed by atoms with E-state index in [1.165, 1.54) is 6.42 Å². The van der Waals surface area contributed by atoms with E-state index in [1.54, 1.807) is 0 Å². The minimum absolute atomic E-state index is 0.0550. The largest absolute Gasteiger partial charge is 0.378 e. The number of nitrogens with zero attached hydrogens (tertiary/aromatic N) is 1. The Hall–Kier alpha value is -1.51. The van der Waals surface area contributed by atoms with E-state index in [2.05, 4.69) is 12.2 Å². The first-order valence-electron chi connectivity index (χ1n) is 6.64. The van der Waals surface area contributed by atoms with Crippen LogP contribution in [0.5, 0.6) is 0 Å². The summed E-state index contributed by atoms with van der Waals surface area (Å²) in [5, 5.41) is 3.12. The number of anilines is 1. The van der Waals surface area contributed by atoms with Crippen LogP contribution < -0.4 is 10.2 Å². The molecule has 3 nitrogen and oxygen atoms in total. The van der Waals surface area contributed by atoms with E-state index < -0.39 is 0 Å². The van der Waals surface area contributed by atoms with Crippen LogP contribution in [0, 0.1) is 5.92 Å². The number of rotatable bonds is 3. The van der Waals surface area contributed by atoms with E-state index in [4.69, 9.17) is 0 Å². The molecule has 0 radical (unpaired) electrons. The molecule has 18 heavy (non-hydrogen) atoms. The molecule has 1 fully saturated rings. The summed E-state index contributed by atoms with van der Waals surface area (Å²) in [6, 6.07) is 8.10. The maximum Gasteiger partial charge on any atom is 0.251 e. The van der Waals surface area contributed by atoms with Crippen LogP contribution in [0.25, 0.3) is 0 Å². The van der Waals surface area contributed by atoms with E-state index >= 15 is 0 Å². The topological polar surface area (TPSA) is 32.3 Å². The Balaban J connectivity index is 1.96. The van der Waals surface area contributed by atoms with E-state index in [0.29, 0.717) is 6.04 Å². The molecule has 1 aliphatic rings. The maximum atomic E-state index is 12.1. The summed E-state index contributed by atoms with van der Waals surface area (Å²) >= 11 is 0. The van der Waals surface area contributed by atoms with Gasteiger partial charge in [-0.05, 0) is 49.4 Å². The molecule has 1 N–H and O–H groups in total. The molecule has 0 saturated heterocycles. The highest BCUT2D eigenvalue weighted by molar-refractivity contribution is 5.94.